The van der Waals surface area contributed by atoms with Crippen molar-refractivity contribution in [2.45, 2.75) is 218 Å². The first kappa shape index (κ1) is 84.4. The zero-order valence-corrected chi connectivity index (χ0v) is 72.1. The minimum atomic E-state index is -4.39. The molecule has 585 valence electrons. The maximum Gasteiger partial charge on any atom is 2.00 e. The van der Waals surface area contributed by atoms with E-state index >= 15 is 0 Å². The van der Waals surface area contributed by atoms with E-state index in [9.17, 15) is 35.5 Å². The largest absolute Gasteiger partial charge is 2.00 e. The van der Waals surface area contributed by atoms with Crippen molar-refractivity contribution in [3.05, 3.63) is 223 Å². The molecular formula is C91H102CuN7NaO9S3. The van der Waals surface area contributed by atoms with Crippen molar-refractivity contribution in [2.24, 2.45) is 0 Å². The van der Waals surface area contributed by atoms with Crippen LogP contribution in [0, 0.1) is 13.8 Å². The Kier molecular flexibility index (Phi) is 26.2. The number of ketones is 1. The summed E-state index contributed by atoms with van der Waals surface area (Å²) >= 11 is 1.69. The van der Waals surface area contributed by atoms with E-state index in [1.165, 1.54) is 17.5 Å². The summed E-state index contributed by atoms with van der Waals surface area (Å²) in [5.74, 6) is -1.02. The predicted octanol–water partition coefficient (Wildman–Crippen LogP) is 16.9. The number of benzene rings is 5. The van der Waals surface area contributed by atoms with Crippen LogP contribution in [0.2, 0.25) is 0 Å². The van der Waals surface area contributed by atoms with E-state index in [1.54, 1.807) is 11.8 Å². The average molecular weight is 1620 g/mol. The fourth-order valence-corrected chi connectivity index (χ4v) is 20.6. The molecule has 1 amide bonds. The van der Waals surface area contributed by atoms with E-state index in [4.69, 9.17) is 24.7 Å². The van der Waals surface area contributed by atoms with Crippen LogP contribution in [0.3, 0.4) is 0 Å². The topological polar surface area (TPSA) is 230 Å². The quantitative estimate of drug-likeness (QED) is 0.0218. The van der Waals surface area contributed by atoms with Gasteiger partial charge in [-0.05, 0) is 184 Å². The molecule has 5 unspecified atom stereocenters. The third-order valence-electron chi connectivity index (χ3n) is 24.2. The van der Waals surface area contributed by atoms with E-state index in [-0.39, 0.29) is 114 Å². The van der Waals surface area contributed by atoms with E-state index in [0.29, 0.717) is 55.7 Å². The zero-order valence-electron chi connectivity index (χ0n) is 66.7. The molecule has 0 saturated heterocycles. The summed E-state index contributed by atoms with van der Waals surface area (Å²) in [6, 6.07) is 39.9. The minimum Gasteiger partial charge on any atom is -0.748 e. The first-order valence-corrected chi connectivity index (χ1v) is 43.6. The number of carbonyl (C=O) groups is 2. The number of allylic oxidation sites excluding steroid dienone is 7. The van der Waals surface area contributed by atoms with Crippen LogP contribution < -0.4 is 49.7 Å². The summed E-state index contributed by atoms with van der Waals surface area (Å²) in [5.41, 5.74) is 19.7. The molecular weight excluding hydrogens is 1520 g/mol. The molecule has 6 aliphatic rings. The standard InChI is InChI=1S/C91H105N7O9S3.Cu.Na/c1-12-14-15-22-48-107-59(7)83-57(5)73-52-72-56(4)67(87(95-72)70-51-79(99)84-58(6)74(96-88(70)84)53-75-66(13-2)55(3)71(93-75)54-76(83)94-73)40-45-82(100)92-64-36-38-65(39-37-64)108-89-62(34-43-80-90(8,9)85-68-30-18-16-26-60(68)32-41-77(85)97(80)46-20-23-49-109(101,102)103)28-25-29-63(89)35-44-81-91(10,11)86-69-31-19-17-27-61(69)33-42-78(86)98(81)47-21-24-50-110(104,105)106;;/h16-19,26-27,30-39,41-44,52-56,59,66-67H,12-15,20-25,28-29,40,45-51H2,1-11H3,(H4-,92,93,94,95,96,99,100,101,102,103,104,105,106);;/q;+2;+1/p-3. The molecule has 0 spiro atoms. The molecule has 14 rings (SSSR count). The van der Waals surface area contributed by atoms with Crippen LogP contribution in [-0.2, 0) is 64.1 Å². The van der Waals surface area contributed by atoms with Crippen molar-refractivity contribution < 1.29 is 91.5 Å². The molecule has 2 aliphatic carbocycles. The summed E-state index contributed by atoms with van der Waals surface area (Å²) in [5, 5.41) is 7.81. The van der Waals surface area contributed by atoms with Gasteiger partial charge >= 0.3 is 46.6 Å². The van der Waals surface area contributed by atoms with Crippen molar-refractivity contribution in [1.82, 2.24) is 19.9 Å². The van der Waals surface area contributed by atoms with Crippen LogP contribution in [0.15, 0.2) is 166 Å². The van der Waals surface area contributed by atoms with Gasteiger partial charge in [0.2, 0.25) is 11.6 Å². The fraction of sp³-hybridized carbons (Fsp3) is 0.418. The van der Waals surface area contributed by atoms with E-state index in [0.717, 1.165) is 172 Å². The van der Waals surface area contributed by atoms with Crippen LogP contribution in [0.4, 0.5) is 17.1 Å². The van der Waals surface area contributed by atoms with E-state index in [2.05, 4.69) is 199 Å². The van der Waals surface area contributed by atoms with Gasteiger partial charge in [-0.2, -0.15) is 4.58 Å². The molecule has 0 saturated carbocycles. The van der Waals surface area contributed by atoms with Crippen LogP contribution in [0.25, 0.3) is 43.6 Å². The molecule has 5 atom stereocenters. The molecule has 1 N–H and O–H groups in total. The van der Waals surface area contributed by atoms with Gasteiger partial charge in [0.05, 0.1) is 31.8 Å². The number of nitrogens with one attached hydrogen (secondary N) is 1. The molecule has 8 bridgehead atoms. The molecule has 3 aromatic heterocycles. The second-order valence-corrected chi connectivity index (χ2v) is 36.3. The molecule has 0 fully saturated rings. The van der Waals surface area contributed by atoms with Crippen LogP contribution in [0.5, 0.6) is 0 Å². The van der Waals surface area contributed by atoms with Gasteiger partial charge in [0.1, 0.15) is 6.54 Å². The zero-order chi connectivity index (χ0) is 77.7. The van der Waals surface area contributed by atoms with E-state index in [1.807, 2.05) is 31.2 Å². The Morgan fingerprint density at radius 3 is 2.09 bits per heavy atom. The Hall–Kier alpha value is -7.04. The fourth-order valence-electron chi connectivity index (χ4n) is 18.3. The van der Waals surface area contributed by atoms with Gasteiger partial charge in [-0.15, -0.1) is 22.1 Å². The molecule has 21 heteroatoms. The first-order chi connectivity index (χ1) is 52.6. The van der Waals surface area contributed by atoms with Gasteiger partial charge in [0.15, 0.2) is 11.5 Å². The maximum atomic E-state index is 14.6. The number of unbranched alkanes of at least 4 members (excludes halogenated alkanes) is 5. The van der Waals surface area contributed by atoms with Gasteiger partial charge in [-0.25, -0.2) is 16.8 Å². The molecule has 5 aromatic carbocycles. The summed E-state index contributed by atoms with van der Waals surface area (Å²) in [6.45, 7) is 25.8. The molecule has 112 heavy (non-hydrogen) atoms. The number of rotatable bonds is 27. The number of ether oxygens (including phenoxy) is 1. The summed E-state index contributed by atoms with van der Waals surface area (Å²) in [7, 11) is -8.78. The number of aromatic nitrogens is 4. The first-order valence-electron chi connectivity index (χ1n) is 39.7. The van der Waals surface area contributed by atoms with Gasteiger partial charge in [-0.3, -0.25) is 19.6 Å². The Labute approximate surface area is 698 Å². The smallest absolute Gasteiger partial charge is 0.748 e. The normalized spacial score (nSPS) is 19.5. The predicted molar refractivity (Wildman–Crippen MR) is 443 cm³/mol. The number of hydrogen-bond acceptors (Lipinski definition) is 13. The second kappa shape index (κ2) is 34.8. The number of aryl methyl sites for hydroxylation is 2. The van der Waals surface area contributed by atoms with Gasteiger partial charge in [0.25, 0.3) is 0 Å². The Bertz CT molecular complexity index is 5580. The number of hydrogen-bond donors (Lipinski definition) is 1. The molecule has 1 radical (unpaired) electrons. The molecule has 4 aliphatic heterocycles. The van der Waals surface area contributed by atoms with Crippen LogP contribution >= 0.6 is 11.8 Å². The molecule has 8 aromatic rings. The Balaban J connectivity index is 0.00000582. The van der Waals surface area contributed by atoms with Crippen molar-refractivity contribution in [1.29, 1.82) is 0 Å². The minimum absolute atomic E-state index is 0. The number of nitrogens with zero attached hydrogens (tertiary/aromatic N) is 6. The van der Waals surface area contributed by atoms with Gasteiger partial charge in [-0.1, -0.05) is 169 Å². The number of amides is 1. The van der Waals surface area contributed by atoms with Crippen LogP contribution in [-0.4, -0.2) is 89.1 Å². The number of thioether (sulfide) groups is 1. The van der Waals surface area contributed by atoms with Crippen molar-refractivity contribution in [3.8, 4) is 0 Å². The number of Topliss-reactive ketones (excluding diaryl/α,β-unsaturated/α-hetero) is 1. The third-order valence-corrected chi connectivity index (χ3v) is 27.0. The maximum absolute atomic E-state index is 14.6. The number of fused-ring (bicyclic) bond motifs is 14. The van der Waals surface area contributed by atoms with Crippen molar-refractivity contribution >= 4 is 110 Å². The number of anilines is 2. The summed E-state index contributed by atoms with van der Waals surface area (Å²) in [6.07, 6.45) is 18.9. The monoisotopic (exact) mass is 1620 g/mol. The average Bonchev–Trinajstić information content (AvgIpc) is 1.58. The third kappa shape index (κ3) is 17.3. The van der Waals surface area contributed by atoms with E-state index < -0.39 is 42.6 Å². The van der Waals surface area contributed by atoms with Gasteiger partial charge in [0, 0.05) is 146 Å². The Morgan fingerprint density at radius 2 is 1.38 bits per heavy atom. The van der Waals surface area contributed by atoms with Crippen molar-refractivity contribution in [2.75, 3.05) is 41.4 Å². The molecule has 7 heterocycles. The SMILES string of the molecule is CCCCCCOC(C)c1c(C)c2cc3nc(c4c5[n-]c(cc6nc(cc1[n-]2)C(C)C6CC)c(C)c5C(=O)C4)C(CCC(=O)Nc1ccc(SC2=C(/C=C/C4=[N+](CCCCS(=O)(=O)[O-])c5ccc6ccccc6c5C4(C)C)CCC/C2=C\C=C2\N(CCCCS(=O)(=O)[O-])c4ccc5ccccc5c4C2(C)C)cc1)C3C.[Cu+2].[Na+]. The van der Waals surface area contributed by atoms with Crippen molar-refractivity contribution in [3.63, 3.8) is 0 Å². The summed E-state index contributed by atoms with van der Waals surface area (Å²) in [4.78, 5) is 54.8. The van der Waals surface area contributed by atoms with Gasteiger partial charge < -0.3 is 34.0 Å². The Morgan fingerprint density at radius 1 is 0.732 bits per heavy atom. The summed E-state index contributed by atoms with van der Waals surface area (Å²) < 4.78 is 80.1. The molecule has 16 nitrogen and oxygen atoms in total. The second-order valence-electron chi connectivity index (χ2n) is 32.2. The number of carbonyl (C=O) groups excluding carboxylic acids is 2. The van der Waals surface area contributed by atoms with Crippen LogP contribution in [0.1, 0.15) is 248 Å².